The van der Waals surface area contributed by atoms with E-state index in [1.165, 1.54) is 0 Å². The first-order valence-electron chi connectivity index (χ1n) is 4.95. The minimum atomic E-state index is -0.192. The van der Waals surface area contributed by atoms with Gasteiger partial charge >= 0.3 is 0 Å². The van der Waals surface area contributed by atoms with E-state index in [1.807, 2.05) is 0 Å². The molecule has 1 aromatic carbocycles. The van der Waals surface area contributed by atoms with Crippen LogP contribution in [0.4, 0.5) is 5.69 Å². The predicted molar refractivity (Wildman–Crippen MR) is 65.6 cm³/mol. The average molecular weight is 249 g/mol. The van der Waals surface area contributed by atoms with E-state index in [9.17, 15) is 4.79 Å². The van der Waals surface area contributed by atoms with E-state index in [0.29, 0.717) is 16.3 Å². The van der Waals surface area contributed by atoms with Gasteiger partial charge in [0.1, 0.15) is 10.6 Å². The Morgan fingerprint density at radius 1 is 1.35 bits per heavy atom. The van der Waals surface area contributed by atoms with Gasteiger partial charge in [-0.15, -0.1) is 5.10 Å². The molecule has 0 unspecified atom stereocenters. The lowest BCUT2D eigenvalue weighted by Gasteiger charge is -2.04. The molecular formula is C11H11N3O2S. The van der Waals surface area contributed by atoms with E-state index in [2.05, 4.69) is 14.9 Å². The Labute approximate surface area is 103 Å². The van der Waals surface area contributed by atoms with Gasteiger partial charge in [-0.2, -0.15) is 0 Å². The molecule has 0 fully saturated rings. The molecule has 1 aromatic heterocycles. The number of benzene rings is 1. The van der Waals surface area contributed by atoms with Crippen molar-refractivity contribution in [3.8, 4) is 5.75 Å². The van der Waals surface area contributed by atoms with Crippen LogP contribution in [0.2, 0.25) is 0 Å². The molecule has 0 spiro atoms. The van der Waals surface area contributed by atoms with Crippen molar-refractivity contribution >= 4 is 23.1 Å². The Morgan fingerprint density at radius 2 is 2.06 bits per heavy atom. The van der Waals surface area contributed by atoms with E-state index >= 15 is 0 Å². The van der Waals surface area contributed by atoms with Gasteiger partial charge in [0.25, 0.3) is 5.91 Å². The molecule has 0 saturated heterocycles. The summed E-state index contributed by atoms with van der Waals surface area (Å²) in [6.07, 6.45) is 0. The molecule has 1 amide bonds. The summed E-state index contributed by atoms with van der Waals surface area (Å²) in [5.41, 5.74) is 1.35. The van der Waals surface area contributed by atoms with Crippen LogP contribution in [0, 0.1) is 6.92 Å². The van der Waals surface area contributed by atoms with E-state index in [0.717, 1.165) is 17.3 Å². The fourth-order valence-electron chi connectivity index (χ4n) is 1.30. The lowest BCUT2D eigenvalue weighted by Crippen LogP contribution is -2.11. The molecule has 0 aliphatic rings. The highest BCUT2D eigenvalue weighted by molar-refractivity contribution is 7.08. The Morgan fingerprint density at radius 3 is 2.59 bits per heavy atom. The molecule has 88 valence electrons. The van der Waals surface area contributed by atoms with E-state index in [1.54, 1.807) is 38.3 Å². The van der Waals surface area contributed by atoms with E-state index in [-0.39, 0.29) is 5.91 Å². The first kappa shape index (κ1) is 11.5. The summed E-state index contributed by atoms with van der Waals surface area (Å²) in [5, 5.41) is 6.57. The van der Waals surface area contributed by atoms with Gasteiger partial charge in [0.15, 0.2) is 0 Å². The number of methoxy groups -OCH3 is 1. The van der Waals surface area contributed by atoms with Crippen molar-refractivity contribution in [3.05, 3.63) is 34.8 Å². The average Bonchev–Trinajstić information content (AvgIpc) is 2.76. The number of nitrogens with zero attached hydrogens (tertiary/aromatic N) is 2. The number of hydrogen-bond acceptors (Lipinski definition) is 5. The SMILES string of the molecule is COc1ccc(NC(=O)c2snnc2C)cc1. The molecule has 0 radical (unpaired) electrons. The van der Waals surface area contributed by atoms with E-state index < -0.39 is 0 Å². The molecule has 0 atom stereocenters. The molecule has 1 heterocycles. The first-order valence-corrected chi connectivity index (χ1v) is 5.72. The number of anilines is 1. The Kier molecular flexibility index (Phi) is 3.34. The first-order chi connectivity index (χ1) is 8.20. The molecule has 5 nitrogen and oxygen atoms in total. The van der Waals surface area contributed by atoms with Crippen molar-refractivity contribution in [3.63, 3.8) is 0 Å². The van der Waals surface area contributed by atoms with Crippen LogP contribution >= 0.6 is 11.5 Å². The number of rotatable bonds is 3. The van der Waals surface area contributed by atoms with Crippen LogP contribution in [-0.4, -0.2) is 22.6 Å². The van der Waals surface area contributed by atoms with Crippen molar-refractivity contribution in [2.24, 2.45) is 0 Å². The van der Waals surface area contributed by atoms with Gasteiger partial charge in [-0.3, -0.25) is 4.79 Å². The second kappa shape index (κ2) is 4.92. The van der Waals surface area contributed by atoms with Gasteiger partial charge in [-0.1, -0.05) is 4.49 Å². The van der Waals surface area contributed by atoms with Crippen LogP contribution in [0.25, 0.3) is 0 Å². The number of ether oxygens (including phenoxy) is 1. The minimum Gasteiger partial charge on any atom is -0.497 e. The zero-order valence-corrected chi connectivity index (χ0v) is 10.2. The third kappa shape index (κ3) is 2.59. The predicted octanol–water partition coefficient (Wildman–Crippen LogP) is 2.11. The number of carbonyl (C=O) groups is 1. The van der Waals surface area contributed by atoms with Crippen molar-refractivity contribution in [1.82, 2.24) is 9.59 Å². The molecule has 0 bridgehead atoms. The highest BCUT2D eigenvalue weighted by atomic mass is 32.1. The van der Waals surface area contributed by atoms with Gasteiger partial charge in [0.2, 0.25) is 0 Å². The lowest BCUT2D eigenvalue weighted by molar-refractivity contribution is 0.103. The second-order valence-electron chi connectivity index (χ2n) is 3.37. The van der Waals surface area contributed by atoms with Gasteiger partial charge in [-0.05, 0) is 42.7 Å². The van der Waals surface area contributed by atoms with Crippen LogP contribution < -0.4 is 10.1 Å². The maximum Gasteiger partial charge on any atom is 0.269 e. The largest absolute Gasteiger partial charge is 0.497 e. The lowest BCUT2D eigenvalue weighted by atomic mass is 10.3. The number of carbonyl (C=O) groups excluding carboxylic acids is 1. The van der Waals surface area contributed by atoms with Gasteiger partial charge < -0.3 is 10.1 Å². The number of aryl methyl sites for hydroxylation is 1. The summed E-state index contributed by atoms with van der Waals surface area (Å²) in [7, 11) is 1.60. The van der Waals surface area contributed by atoms with Crippen LogP contribution in [-0.2, 0) is 0 Å². The van der Waals surface area contributed by atoms with Crippen molar-refractivity contribution in [2.45, 2.75) is 6.92 Å². The van der Waals surface area contributed by atoms with Gasteiger partial charge in [-0.25, -0.2) is 0 Å². The van der Waals surface area contributed by atoms with Crippen LogP contribution in [0.15, 0.2) is 24.3 Å². The fourth-order valence-corrected chi connectivity index (χ4v) is 1.85. The second-order valence-corrected chi connectivity index (χ2v) is 4.12. The molecular weight excluding hydrogens is 238 g/mol. The summed E-state index contributed by atoms with van der Waals surface area (Å²) in [5.74, 6) is 0.557. The van der Waals surface area contributed by atoms with Crippen molar-refractivity contribution in [2.75, 3.05) is 12.4 Å². The Balaban J connectivity index is 2.10. The molecule has 2 rings (SSSR count). The molecule has 0 aliphatic carbocycles. The van der Waals surface area contributed by atoms with Crippen LogP contribution in [0.3, 0.4) is 0 Å². The van der Waals surface area contributed by atoms with Gasteiger partial charge in [0, 0.05) is 5.69 Å². The molecule has 6 heteroatoms. The minimum absolute atomic E-state index is 0.192. The monoisotopic (exact) mass is 249 g/mol. The quantitative estimate of drug-likeness (QED) is 0.904. The topological polar surface area (TPSA) is 64.1 Å². The number of nitrogens with one attached hydrogen (secondary N) is 1. The molecule has 17 heavy (non-hydrogen) atoms. The standard InChI is InChI=1S/C11H11N3O2S/c1-7-10(17-14-13-7)11(15)12-8-3-5-9(16-2)6-4-8/h3-6H,1-2H3,(H,12,15). The molecule has 1 N–H and O–H groups in total. The van der Waals surface area contributed by atoms with Gasteiger partial charge in [0.05, 0.1) is 12.8 Å². The third-order valence-electron chi connectivity index (χ3n) is 2.21. The zero-order valence-electron chi connectivity index (χ0n) is 9.43. The highest BCUT2D eigenvalue weighted by Crippen LogP contribution is 2.17. The molecule has 0 aliphatic heterocycles. The maximum absolute atomic E-state index is 11.8. The third-order valence-corrected chi connectivity index (χ3v) is 3.03. The Bertz CT molecular complexity index is 522. The van der Waals surface area contributed by atoms with E-state index in [4.69, 9.17) is 4.74 Å². The maximum atomic E-state index is 11.8. The zero-order chi connectivity index (χ0) is 12.3. The van der Waals surface area contributed by atoms with Crippen LogP contribution in [0.5, 0.6) is 5.75 Å². The highest BCUT2D eigenvalue weighted by Gasteiger charge is 2.12. The summed E-state index contributed by atoms with van der Waals surface area (Å²) in [6, 6.07) is 7.13. The summed E-state index contributed by atoms with van der Waals surface area (Å²) >= 11 is 1.09. The van der Waals surface area contributed by atoms with Crippen molar-refractivity contribution < 1.29 is 9.53 Å². The smallest absolute Gasteiger partial charge is 0.269 e. The number of aromatic nitrogens is 2. The molecule has 2 aromatic rings. The van der Waals surface area contributed by atoms with Crippen molar-refractivity contribution in [1.29, 1.82) is 0 Å². The Hall–Kier alpha value is -1.95. The molecule has 0 saturated carbocycles. The summed E-state index contributed by atoms with van der Waals surface area (Å²) in [4.78, 5) is 12.4. The van der Waals surface area contributed by atoms with Crippen LogP contribution in [0.1, 0.15) is 15.4 Å². The number of hydrogen-bond donors (Lipinski definition) is 1. The fraction of sp³-hybridized carbons (Fsp3) is 0.182. The summed E-state index contributed by atoms with van der Waals surface area (Å²) < 4.78 is 8.76. The normalized spacial score (nSPS) is 10.0. The summed E-state index contributed by atoms with van der Waals surface area (Å²) in [6.45, 7) is 1.76. The number of amides is 1.